The van der Waals surface area contributed by atoms with Gasteiger partial charge in [-0.05, 0) is 38.1 Å². The van der Waals surface area contributed by atoms with Crippen molar-refractivity contribution in [1.82, 2.24) is 4.90 Å². The lowest BCUT2D eigenvalue weighted by Gasteiger charge is -2.35. The Morgan fingerprint density at radius 3 is 2.30 bits per heavy atom. The number of hydrogen-bond donors (Lipinski definition) is 0. The Bertz CT molecular complexity index is 831. The fraction of sp³-hybridized carbons (Fsp3) is 0.391. The average Bonchev–Trinajstić information content (AvgIpc) is 2.75. The summed E-state index contributed by atoms with van der Waals surface area (Å²) in [4.78, 5) is 26.6. The molecule has 2 aromatic rings. The van der Waals surface area contributed by atoms with Gasteiger partial charge >= 0.3 is 5.97 Å². The molecule has 0 saturated carbocycles. The highest BCUT2D eigenvalue weighted by Gasteiger charge is 2.26. The molecule has 0 unspecified atom stereocenters. The van der Waals surface area contributed by atoms with Crippen LogP contribution in [0.4, 0.5) is 0 Å². The van der Waals surface area contributed by atoms with Gasteiger partial charge in [-0.1, -0.05) is 30.3 Å². The van der Waals surface area contributed by atoms with E-state index in [2.05, 4.69) is 0 Å². The summed E-state index contributed by atoms with van der Waals surface area (Å²) in [6, 6.07) is 16.2. The lowest BCUT2D eigenvalue weighted by Crippen LogP contribution is -2.49. The summed E-state index contributed by atoms with van der Waals surface area (Å²) in [7, 11) is 0. The number of morpholine rings is 1. The Morgan fingerprint density at radius 2 is 1.57 bits per heavy atom. The minimum atomic E-state index is -0.600. The standard InChI is InChI=1S/C23H27NO6/c1-17-14-24(15-18(2)30-17)22(25)16-29-23(26)20-10-6-7-11-21(20)28-13-12-27-19-8-4-3-5-9-19/h3-11,17-18H,12-16H2,1-2H3/t17-,18-/m1/s1. The molecule has 1 aliphatic rings. The van der Waals surface area contributed by atoms with Gasteiger partial charge in [0.25, 0.3) is 5.91 Å². The van der Waals surface area contributed by atoms with Crippen LogP contribution < -0.4 is 9.47 Å². The number of amides is 1. The van der Waals surface area contributed by atoms with Crippen molar-refractivity contribution in [2.45, 2.75) is 26.1 Å². The first-order valence-electron chi connectivity index (χ1n) is 10.0. The number of para-hydroxylation sites is 2. The normalized spacial score (nSPS) is 18.5. The van der Waals surface area contributed by atoms with Crippen molar-refractivity contribution in [2.24, 2.45) is 0 Å². The second-order valence-corrected chi connectivity index (χ2v) is 7.14. The highest BCUT2D eigenvalue weighted by atomic mass is 16.5. The van der Waals surface area contributed by atoms with Crippen molar-refractivity contribution < 1.29 is 28.5 Å². The first kappa shape index (κ1) is 21.6. The second-order valence-electron chi connectivity index (χ2n) is 7.14. The van der Waals surface area contributed by atoms with Crippen LogP contribution in [0.15, 0.2) is 54.6 Å². The van der Waals surface area contributed by atoms with Crippen LogP contribution in [0.2, 0.25) is 0 Å². The quantitative estimate of drug-likeness (QED) is 0.489. The number of carbonyl (C=O) groups is 2. The van der Waals surface area contributed by atoms with Crippen LogP contribution in [0.3, 0.4) is 0 Å². The highest BCUT2D eigenvalue weighted by Crippen LogP contribution is 2.19. The maximum absolute atomic E-state index is 12.5. The van der Waals surface area contributed by atoms with Crippen LogP contribution in [0.25, 0.3) is 0 Å². The minimum Gasteiger partial charge on any atom is -0.490 e. The van der Waals surface area contributed by atoms with Gasteiger partial charge in [-0.15, -0.1) is 0 Å². The molecule has 1 heterocycles. The first-order chi connectivity index (χ1) is 14.5. The van der Waals surface area contributed by atoms with Crippen molar-refractivity contribution in [1.29, 1.82) is 0 Å². The van der Waals surface area contributed by atoms with E-state index in [1.165, 1.54) is 0 Å². The summed E-state index contributed by atoms with van der Waals surface area (Å²) in [6.07, 6.45) is -0.0822. The molecule has 1 aliphatic heterocycles. The van der Waals surface area contributed by atoms with Gasteiger partial charge in [0.05, 0.1) is 12.2 Å². The Balaban J connectivity index is 1.49. The molecule has 1 saturated heterocycles. The van der Waals surface area contributed by atoms with E-state index in [4.69, 9.17) is 18.9 Å². The Kier molecular flexibility index (Phi) is 7.68. The second kappa shape index (κ2) is 10.6. The molecule has 0 aliphatic carbocycles. The van der Waals surface area contributed by atoms with Gasteiger partial charge in [-0.3, -0.25) is 4.79 Å². The minimum absolute atomic E-state index is 0.0411. The molecule has 1 fully saturated rings. The number of esters is 1. The third kappa shape index (κ3) is 6.22. The van der Waals surface area contributed by atoms with Gasteiger partial charge in [0.1, 0.15) is 30.3 Å². The molecular formula is C23H27NO6. The van der Waals surface area contributed by atoms with Crippen LogP contribution in [-0.2, 0) is 14.3 Å². The SMILES string of the molecule is C[C@@H]1CN(C(=O)COC(=O)c2ccccc2OCCOc2ccccc2)C[C@@H](C)O1. The summed E-state index contributed by atoms with van der Waals surface area (Å²) in [5.41, 5.74) is 0.272. The summed E-state index contributed by atoms with van der Waals surface area (Å²) in [6.45, 7) is 5.09. The molecule has 30 heavy (non-hydrogen) atoms. The monoisotopic (exact) mass is 413 g/mol. The zero-order chi connectivity index (χ0) is 21.3. The van der Waals surface area contributed by atoms with Gasteiger partial charge in [-0.25, -0.2) is 4.79 Å². The van der Waals surface area contributed by atoms with E-state index in [1.54, 1.807) is 29.2 Å². The Morgan fingerprint density at radius 1 is 0.933 bits per heavy atom. The fourth-order valence-corrected chi connectivity index (χ4v) is 3.27. The third-order valence-electron chi connectivity index (χ3n) is 4.56. The van der Waals surface area contributed by atoms with Crippen LogP contribution in [-0.4, -0.2) is 61.9 Å². The lowest BCUT2D eigenvalue weighted by molar-refractivity contribution is -0.146. The molecule has 0 aromatic heterocycles. The summed E-state index contributed by atoms with van der Waals surface area (Å²) >= 11 is 0. The molecule has 160 valence electrons. The number of nitrogens with zero attached hydrogens (tertiary/aromatic N) is 1. The van der Waals surface area contributed by atoms with Crippen molar-refractivity contribution in [3.8, 4) is 11.5 Å². The molecule has 0 spiro atoms. The van der Waals surface area contributed by atoms with E-state index in [0.29, 0.717) is 25.4 Å². The van der Waals surface area contributed by atoms with Gasteiger partial charge in [-0.2, -0.15) is 0 Å². The van der Waals surface area contributed by atoms with E-state index in [0.717, 1.165) is 5.75 Å². The molecule has 0 radical (unpaired) electrons. The molecule has 2 atom stereocenters. The summed E-state index contributed by atoms with van der Waals surface area (Å²) < 4.78 is 22.2. The number of rotatable bonds is 8. The lowest BCUT2D eigenvalue weighted by atomic mass is 10.2. The first-order valence-corrected chi connectivity index (χ1v) is 10.0. The summed E-state index contributed by atoms with van der Waals surface area (Å²) in [5.74, 6) is 0.302. The van der Waals surface area contributed by atoms with Crippen molar-refractivity contribution in [2.75, 3.05) is 32.9 Å². The van der Waals surface area contributed by atoms with Gasteiger partial charge in [0, 0.05) is 13.1 Å². The maximum atomic E-state index is 12.5. The molecule has 7 nitrogen and oxygen atoms in total. The van der Waals surface area contributed by atoms with Crippen molar-refractivity contribution >= 4 is 11.9 Å². The third-order valence-corrected chi connectivity index (χ3v) is 4.56. The maximum Gasteiger partial charge on any atom is 0.342 e. The molecular weight excluding hydrogens is 386 g/mol. The molecule has 7 heteroatoms. The Labute approximate surface area is 176 Å². The number of benzene rings is 2. The predicted molar refractivity (Wildman–Crippen MR) is 111 cm³/mol. The van der Waals surface area contributed by atoms with Crippen LogP contribution in [0, 0.1) is 0 Å². The van der Waals surface area contributed by atoms with Crippen LogP contribution in [0.5, 0.6) is 11.5 Å². The molecule has 2 aromatic carbocycles. The van der Waals surface area contributed by atoms with Crippen molar-refractivity contribution in [3.05, 3.63) is 60.2 Å². The van der Waals surface area contributed by atoms with Gasteiger partial charge in [0.2, 0.25) is 0 Å². The number of carbonyl (C=O) groups excluding carboxylic acids is 2. The predicted octanol–water partition coefficient (Wildman–Crippen LogP) is 2.94. The smallest absolute Gasteiger partial charge is 0.342 e. The topological polar surface area (TPSA) is 74.3 Å². The summed E-state index contributed by atoms with van der Waals surface area (Å²) in [5, 5.41) is 0. The van der Waals surface area contributed by atoms with Crippen LogP contribution >= 0.6 is 0 Å². The van der Waals surface area contributed by atoms with Gasteiger partial charge < -0.3 is 23.8 Å². The molecule has 0 bridgehead atoms. The highest BCUT2D eigenvalue weighted by molar-refractivity contribution is 5.94. The van der Waals surface area contributed by atoms with E-state index in [1.807, 2.05) is 44.2 Å². The zero-order valence-electron chi connectivity index (χ0n) is 17.3. The largest absolute Gasteiger partial charge is 0.490 e. The van der Waals surface area contributed by atoms with Crippen molar-refractivity contribution in [3.63, 3.8) is 0 Å². The van der Waals surface area contributed by atoms with E-state index >= 15 is 0 Å². The van der Waals surface area contributed by atoms with Crippen LogP contribution in [0.1, 0.15) is 24.2 Å². The average molecular weight is 413 g/mol. The van der Waals surface area contributed by atoms with E-state index in [9.17, 15) is 9.59 Å². The van der Waals surface area contributed by atoms with E-state index < -0.39 is 5.97 Å². The molecule has 1 amide bonds. The number of ether oxygens (including phenoxy) is 4. The van der Waals surface area contributed by atoms with Gasteiger partial charge in [0.15, 0.2) is 6.61 Å². The zero-order valence-corrected chi connectivity index (χ0v) is 17.3. The number of hydrogen-bond acceptors (Lipinski definition) is 6. The van der Waals surface area contributed by atoms with E-state index in [-0.39, 0.29) is 36.9 Å². The fourth-order valence-electron chi connectivity index (χ4n) is 3.27. The molecule has 3 rings (SSSR count). The Hall–Kier alpha value is -3.06. The molecule has 0 N–H and O–H groups in total.